The molecule has 0 saturated heterocycles. The largest absolute Gasteiger partial charge is 0.444 e. The number of nitrogens with zero attached hydrogens (tertiary/aromatic N) is 3. The maximum atomic E-state index is 12.0. The summed E-state index contributed by atoms with van der Waals surface area (Å²) in [5.41, 5.74) is 2.43. The molecule has 1 aliphatic carbocycles. The molecule has 1 N–H and O–H groups in total. The number of amides is 1. The molecule has 2 heterocycles. The average molecular weight is 403 g/mol. The van der Waals surface area contributed by atoms with E-state index in [1.807, 2.05) is 46.0 Å². The number of carbonyl (C=O) groups excluding carboxylic acids is 1. The first-order valence-corrected chi connectivity index (χ1v) is 9.79. The highest BCUT2D eigenvalue weighted by Crippen LogP contribution is 2.46. The molecular formula is C21H27ClN4O2. The summed E-state index contributed by atoms with van der Waals surface area (Å²) in [7, 11) is 2.04. The Bertz CT molecular complexity index is 832. The molecule has 0 radical (unpaired) electrons. The Morgan fingerprint density at radius 2 is 2.00 bits per heavy atom. The van der Waals surface area contributed by atoms with E-state index in [-0.39, 0.29) is 11.5 Å². The van der Waals surface area contributed by atoms with Gasteiger partial charge < -0.3 is 15.0 Å². The van der Waals surface area contributed by atoms with Gasteiger partial charge in [0.05, 0.1) is 11.9 Å². The van der Waals surface area contributed by atoms with Crippen LogP contribution in [0.2, 0.25) is 5.15 Å². The van der Waals surface area contributed by atoms with Crippen LogP contribution in [0.5, 0.6) is 0 Å². The Morgan fingerprint density at radius 3 is 2.61 bits per heavy atom. The molecule has 7 heteroatoms. The number of halogens is 1. The van der Waals surface area contributed by atoms with Crippen molar-refractivity contribution in [3.05, 3.63) is 41.9 Å². The molecule has 2 aromatic heterocycles. The Balaban J connectivity index is 1.65. The van der Waals surface area contributed by atoms with Crippen molar-refractivity contribution in [2.75, 3.05) is 25.0 Å². The lowest BCUT2D eigenvalue weighted by Crippen LogP contribution is -2.39. The van der Waals surface area contributed by atoms with Crippen molar-refractivity contribution in [2.24, 2.45) is 5.41 Å². The molecular weight excluding hydrogens is 376 g/mol. The average Bonchev–Trinajstić information content (AvgIpc) is 3.39. The molecule has 0 bridgehead atoms. The van der Waals surface area contributed by atoms with Crippen molar-refractivity contribution in [1.82, 2.24) is 15.3 Å². The molecule has 0 spiro atoms. The number of anilines is 1. The van der Waals surface area contributed by atoms with Crippen LogP contribution < -0.4 is 10.2 Å². The standard InChI is InChI=1S/C21H27ClN4O2/c1-20(2,3)28-19(27)25-13-21(7-8-21)14-26(4)16-11-17(18(22)24-12-16)15-5-9-23-10-6-15/h5-6,9-12H,7-8,13-14H2,1-4H3,(H,25,27). The summed E-state index contributed by atoms with van der Waals surface area (Å²) < 4.78 is 5.33. The Labute approximate surface area is 171 Å². The number of alkyl carbamates (subject to hydrolysis) is 1. The summed E-state index contributed by atoms with van der Waals surface area (Å²) in [6.45, 7) is 7.01. The van der Waals surface area contributed by atoms with Crippen molar-refractivity contribution in [1.29, 1.82) is 0 Å². The maximum absolute atomic E-state index is 12.0. The van der Waals surface area contributed by atoms with Gasteiger partial charge in [0.15, 0.2) is 0 Å². The van der Waals surface area contributed by atoms with Gasteiger partial charge in [0.2, 0.25) is 0 Å². The minimum absolute atomic E-state index is 0.0715. The van der Waals surface area contributed by atoms with Gasteiger partial charge in [-0.15, -0.1) is 0 Å². The Hall–Kier alpha value is -2.34. The number of ether oxygens (including phenoxy) is 1. The van der Waals surface area contributed by atoms with Gasteiger partial charge in [-0.1, -0.05) is 11.6 Å². The first kappa shape index (κ1) is 20.4. The van der Waals surface area contributed by atoms with Gasteiger partial charge >= 0.3 is 6.09 Å². The number of pyridine rings is 2. The molecule has 0 unspecified atom stereocenters. The summed E-state index contributed by atoms with van der Waals surface area (Å²) in [5, 5.41) is 3.38. The smallest absolute Gasteiger partial charge is 0.407 e. The fourth-order valence-corrected chi connectivity index (χ4v) is 3.33. The lowest BCUT2D eigenvalue weighted by Gasteiger charge is -2.27. The molecule has 1 fully saturated rings. The van der Waals surface area contributed by atoms with E-state index < -0.39 is 5.60 Å². The number of carbonyl (C=O) groups is 1. The summed E-state index contributed by atoms with van der Waals surface area (Å²) >= 11 is 6.31. The zero-order valence-corrected chi connectivity index (χ0v) is 17.6. The van der Waals surface area contributed by atoms with Crippen molar-refractivity contribution >= 4 is 23.4 Å². The second-order valence-electron chi connectivity index (χ2n) is 8.48. The molecule has 28 heavy (non-hydrogen) atoms. The van der Waals surface area contributed by atoms with Gasteiger partial charge in [-0.2, -0.15) is 0 Å². The molecule has 6 nitrogen and oxygen atoms in total. The van der Waals surface area contributed by atoms with E-state index in [1.165, 1.54) is 0 Å². The van der Waals surface area contributed by atoms with E-state index >= 15 is 0 Å². The highest BCUT2D eigenvalue weighted by atomic mass is 35.5. The van der Waals surface area contributed by atoms with Crippen LogP contribution in [0.4, 0.5) is 10.5 Å². The number of hydrogen-bond donors (Lipinski definition) is 1. The fourth-order valence-electron chi connectivity index (χ4n) is 3.12. The number of nitrogens with one attached hydrogen (secondary N) is 1. The maximum Gasteiger partial charge on any atom is 0.407 e. The monoisotopic (exact) mass is 402 g/mol. The van der Waals surface area contributed by atoms with Crippen molar-refractivity contribution in [2.45, 2.75) is 39.2 Å². The summed E-state index contributed by atoms with van der Waals surface area (Å²) in [4.78, 5) is 22.5. The molecule has 0 aromatic carbocycles. The minimum Gasteiger partial charge on any atom is -0.444 e. The van der Waals surface area contributed by atoms with Crippen LogP contribution in [0.3, 0.4) is 0 Å². The molecule has 1 saturated carbocycles. The lowest BCUT2D eigenvalue weighted by molar-refractivity contribution is 0.0517. The normalized spacial score (nSPS) is 15.0. The van der Waals surface area contributed by atoms with Crippen LogP contribution >= 0.6 is 11.6 Å². The summed E-state index contributed by atoms with van der Waals surface area (Å²) in [6, 6.07) is 5.88. The quantitative estimate of drug-likeness (QED) is 0.718. The SMILES string of the molecule is CN(CC1(CNC(=O)OC(C)(C)C)CC1)c1cnc(Cl)c(-c2ccncc2)c1. The molecule has 3 rings (SSSR count). The zero-order chi connectivity index (χ0) is 20.4. The molecule has 0 atom stereocenters. The predicted octanol–water partition coefficient (Wildman–Crippen LogP) is 4.54. The predicted molar refractivity (Wildman–Crippen MR) is 112 cm³/mol. The van der Waals surface area contributed by atoms with Crippen molar-refractivity contribution in [3.8, 4) is 11.1 Å². The zero-order valence-electron chi connectivity index (χ0n) is 16.8. The third kappa shape index (κ3) is 5.35. The van der Waals surface area contributed by atoms with Gasteiger partial charge in [0.25, 0.3) is 0 Å². The van der Waals surface area contributed by atoms with Gasteiger partial charge in [0, 0.05) is 43.5 Å². The third-order valence-electron chi connectivity index (χ3n) is 4.79. The van der Waals surface area contributed by atoms with E-state index in [2.05, 4.69) is 20.2 Å². The second-order valence-corrected chi connectivity index (χ2v) is 8.84. The summed E-state index contributed by atoms with van der Waals surface area (Å²) in [6.07, 6.45) is 7.04. The van der Waals surface area contributed by atoms with Crippen LogP contribution in [-0.4, -0.2) is 41.8 Å². The van der Waals surface area contributed by atoms with E-state index in [1.54, 1.807) is 18.6 Å². The van der Waals surface area contributed by atoms with Crippen molar-refractivity contribution in [3.63, 3.8) is 0 Å². The Morgan fingerprint density at radius 1 is 1.32 bits per heavy atom. The van der Waals surface area contributed by atoms with Gasteiger partial charge in [-0.3, -0.25) is 4.98 Å². The van der Waals surface area contributed by atoms with E-state index in [0.29, 0.717) is 11.7 Å². The van der Waals surface area contributed by atoms with Gasteiger partial charge in [-0.25, -0.2) is 9.78 Å². The Kier molecular flexibility index (Phi) is 5.79. The van der Waals surface area contributed by atoms with Crippen LogP contribution in [0.25, 0.3) is 11.1 Å². The number of aromatic nitrogens is 2. The molecule has 2 aromatic rings. The minimum atomic E-state index is -0.490. The fraction of sp³-hybridized carbons (Fsp3) is 0.476. The second kappa shape index (κ2) is 7.95. The molecule has 1 amide bonds. The topological polar surface area (TPSA) is 67.4 Å². The summed E-state index contributed by atoms with van der Waals surface area (Å²) in [5.74, 6) is 0. The first-order valence-electron chi connectivity index (χ1n) is 9.41. The van der Waals surface area contributed by atoms with Crippen LogP contribution in [0, 0.1) is 5.41 Å². The molecule has 0 aliphatic heterocycles. The van der Waals surface area contributed by atoms with Gasteiger partial charge in [-0.05, 0) is 57.4 Å². The highest BCUT2D eigenvalue weighted by molar-refractivity contribution is 6.32. The van der Waals surface area contributed by atoms with E-state index in [9.17, 15) is 4.79 Å². The van der Waals surface area contributed by atoms with Crippen LogP contribution in [-0.2, 0) is 4.74 Å². The molecule has 150 valence electrons. The van der Waals surface area contributed by atoms with E-state index in [0.717, 1.165) is 36.2 Å². The molecule has 1 aliphatic rings. The van der Waals surface area contributed by atoms with Crippen LogP contribution in [0.15, 0.2) is 36.8 Å². The first-order chi connectivity index (χ1) is 13.2. The lowest BCUT2D eigenvalue weighted by atomic mass is 10.1. The van der Waals surface area contributed by atoms with E-state index in [4.69, 9.17) is 16.3 Å². The number of rotatable bonds is 6. The highest BCUT2D eigenvalue weighted by Gasteiger charge is 2.44. The van der Waals surface area contributed by atoms with Crippen molar-refractivity contribution < 1.29 is 9.53 Å². The van der Waals surface area contributed by atoms with Gasteiger partial charge in [0.1, 0.15) is 10.8 Å². The number of hydrogen-bond acceptors (Lipinski definition) is 5. The van der Waals surface area contributed by atoms with Crippen LogP contribution in [0.1, 0.15) is 33.6 Å². The third-order valence-corrected chi connectivity index (χ3v) is 5.09.